The molecule has 0 bridgehead atoms. The monoisotopic (exact) mass is 286 g/mol. The Labute approximate surface area is 122 Å². The molecule has 0 aliphatic carbocycles. The molecule has 20 heavy (non-hydrogen) atoms. The molecule has 4 nitrogen and oxygen atoms in total. The molecule has 0 saturated heterocycles. The summed E-state index contributed by atoms with van der Waals surface area (Å²) in [5.41, 5.74) is 9.12. The summed E-state index contributed by atoms with van der Waals surface area (Å²) in [6.45, 7) is 4.80. The number of nitrogens with two attached hydrogens (primary N) is 1. The molecule has 1 aromatic carbocycles. The summed E-state index contributed by atoms with van der Waals surface area (Å²) in [4.78, 5) is 4.71. The number of aromatic amines is 1. The quantitative estimate of drug-likeness (QED) is 0.773. The maximum Gasteiger partial charge on any atom is 0.104 e. The number of H-pyrrole nitrogens is 1. The summed E-state index contributed by atoms with van der Waals surface area (Å²) in [5.74, 6) is 0.501. The number of hydrogen-bond acceptors (Lipinski definition) is 4. The first-order valence-electron chi connectivity index (χ1n) is 6.79. The summed E-state index contributed by atoms with van der Waals surface area (Å²) in [5, 5.41) is 8.53. The topological polar surface area (TPSA) is 67.6 Å². The van der Waals surface area contributed by atoms with Gasteiger partial charge in [-0.15, -0.1) is 11.3 Å². The molecule has 3 N–H and O–H groups in total. The van der Waals surface area contributed by atoms with Crippen LogP contribution in [0.2, 0.25) is 0 Å². The normalized spacial score (nSPS) is 13.2. The first kappa shape index (κ1) is 13.3. The van der Waals surface area contributed by atoms with Crippen molar-refractivity contribution in [1.82, 2.24) is 15.2 Å². The fourth-order valence-corrected chi connectivity index (χ4v) is 3.33. The molecule has 2 aromatic heterocycles. The standard InChI is InChI=1S/C15H18N4S/c1-9(2)12-7-13(19-18-12)10(8-16)15-17-11-5-3-4-6-14(11)20-15/h3-7,9-10H,8,16H2,1-2H3,(H,18,19). The van der Waals surface area contributed by atoms with Crippen LogP contribution >= 0.6 is 11.3 Å². The van der Waals surface area contributed by atoms with E-state index in [1.165, 1.54) is 4.70 Å². The van der Waals surface area contributed by atoms with Crippen LogP contribution in [0.4, 0.5) is 0 Å². The number of benzene rings is 1. The number of para-hydroxylation sites is 1. The minimum Gasteiger partial charge on any atom is -0.329 e. The zero-order valence-corrected chi connectivity index (χ0v) is 12.4. The van der Waals surface area contributed by atoms with Crippen LogP contribution < -0.4 is 5.73 Å². The molecule has 0 radical (unpaired) electrons. The lowest BCUT2D eigenvalue weighted by Crippen LogP contribution is -2.14. The minimum absolute atomic E-state index is 0.0902. The second-order valence-corrected chi connectivity index (χ2v) is 6.27. The van der Waals surface area contributed by atoms with Crippen LogP contribution in [0.3, 0.4) is 0 Å². The Kier molecular flexibility index (Phi) is 3.54. The van der Waals surface area contributed by atoms with Crippen LogP contribution in [0.15, 0.2) is 30.3 Å². The maximum atomic E-state index is 5.96. The Morgan fingerprint density at radius 1 is 1.30 bits per heavy atom. The van der Waals surface area contributed by atoms with Crippen LogP contribution in [-0.4, -0.2) is 21.7 Å². The number of hydrogen-bond donors (Lipinski definition) is 2. The molecule has 5 heteroatoms. The van der Waals surface area contributed by atoms with E-state index < -0.39 is 0 Å². The van der Waals surface area contributed by atoms with Gasteiger partial charge in [0.1, 0.15) is 5.01 Å². The summed E-state index contributed by atoms with van der Waals surface area (Å²) < 4.78 is 1.20. The molecule has 0 spiro atoms. The van der Waals surface area contributed by atoms with Crippen molar-refractivity contribution < 1.29 is 0 Å². The highest BCUT2D eigenvalue weighted by atomic mass is 32.1. The average Bonchev–Trinajstić information content (AvgIpc) is 3.06. The highest BCUT2D eigenvalue weighted by molar-refractivity contribution is 7.18. The number of nitrogens with one attached hydrogen (secondary N) is 1. The van der Waals surface area contributed by atoms with E-state index in [0.29, 0.717) is 12.5 Å². The van der Waals surface area contributed by atoms with Crippen LogP contribution in [0.25, 0.3) is 10.2 Å². The molecule has 1 atom stereocenters. The molecule has 2 heterocycles. The van der Waals surface area contributed by atoms with E-state index in [-0.39, 0.29) is 5.92 Å². The van der Waals surface area contributed by atoms with Crippen LogP contribution in [0, 0.1) is 0 Å². The Bertz CT molecular complexity index is 680. The second kappa shape index (κ2) is 5.34. The van der Waals surface area contributed by atoms with E-state index in [1.54, 1.807) is 11.3 Å². The van der Waals surface area contributed by atoms with E-state index in [9.17, 15) is 0 Å². The van der Waals surface area contributed by atoms with Gasteiger partial charge in [0, 0.05) is 12.2 Å². The largest absolute Gasteiger partial charge is 0.329 e. The molecule has 3 rings (SSSR count). The van der Waals surface area contributed by atoms with E-state index in [4.69, 9.17) is 10.7 Å². The van der Waals surface area contributed by atoms with E-state index in [1.807, 2.05) is 18.2 Å². The van der Waals surface area contributed by atoms with Crippen molar-refractivity contribution in [3.05, 3.63) is 46.7 Å². The SMILES string of the molecule is CC(C)c1cc(C(CN)c2nc3ccccc3s2)[nH]n1. The second-order valence-electron chi connectivity index (χ2n) is 5.21. The van der Waals surface area contributed by atoms with Gasteiger partial charge in [0.25, 0.3) is 0 Å². The van der Waals surface area contributed by atoms with E-state index >= 15 is 0 Å². The summed E-state index contributed by atoms with van der Waals surface area (Å²) in [6.07, 6.45) is 0. The van der Waals surface area contributed by atoms with Crippen molar-refractivity contribution in [2.75, 3.05) is 6.54 Å². The Balaban J connectivity index is 1.99. The molecule has 0 saturated carbocycles. The fraction of sp³-hybridized carbons (Fsp3) is 0.333. The van der Waals surface area contributed by atoms with Gasteiger partial charge in [-0.05, 0) is 24.1 Å². The first-order chi connectivity index (χ1) is 9.69. The first-order valence-corrected chi connectivity index (χ1v) is 7.61. The van der Waals surface area contributed by atoms with Crippen LogP contribution in [0.1, 0.15) is 42.1 Å². The molecule has 0 aliphatic heterocycles. The Hall–Kier alpha value is -1.72. The predicted molar refractivity (Wildman–Crippen MR) is 83.2 cm³/mol. The van der Waals surface area contributed by atoms with E-state index in [0.717, 1.165) is 21.9 Å². The molecular formula is C15H18N4S. The average molecular weight is 286 g/mol. The molecular weight excluding hydrogens is 268 g/mol. The zero-order chi connectivity index (χ0) is 14.1. The van der Waals surface area contributed by atoms with Gasteiger partial charge >= 0.3 is 0 Å². The van der Waals surface area contributed by atoms with Gasteiger partial charge in [-0.25, -0.2) is 4.98 Å². The maximum absolute atomic E-state index is 5.96. The third kappa shape index (κ3) is 2.34. The number of aromatic nitrogens is 3. The van der Waals surface area contributed by atoms with Crippen molar-refractivity contribution in [2.45, 2.75) is 25.7 Å². The number of nitrogens with zero attached hydrogens (tertiary/aromatic N) is 2. The molecule has 3 aromatic rings. The zero-order valence-electron chi connectivity index (χ0n) is 11.6. The number of fused-ring (bicyclic) bond motifs is 1. The van der Waals surface area contributed by atoms with Crippen LogP contribution in [-0.2, 0) is 0 Å². The van der Waals surface area contributed by atoms with E-state index in [2.05, 4.69) is 36.2 Å². The molecule has 0 amide bonds. The lowest BCUT2D eigenvalue weighted by molar-refractivity contribution is 0.768. The van der Waals surface area contributed by atoms with Gasteiger partial charge in [0.05, 0.1) is 21.8 Å². The Morgan fingerprint density at radius 3 is 2.75 bits per heavy atom. The fourth-order valence-electron chi connectivity index (χ4n) is 2.23. The third-order valence-corrected chi connectivity index (χ3v) is 4.58. The van der Waals surface area contributed by atoms with Crippen molar-refractivity contribution >= 4 is 21.6 Å². The lowest BCUT2D eigenvalue weighted by Gasteiger charge is -2.08. The molecule has 0 aliphatic rings. The van der Waals surface area contributed by atoms with Crippen molar-refractivity contribution in [3.8, 4) is 0 Å². The van der Waals surface area contributed by atoms with Gasteiger partial charge < -0.3 is 5.73 Å². The summed E-state index contributed by atoms with van der Waals surface area (Å²) in [6, 6.07) is 10.3. The van der Waals surface area contributed by atoms with Gasteiger partial charge in [0.15, 0.2) is 0 Å². The molecule has 104 valence electrons. The summed E-state index contributed by atoms with van der Waals surface area (Å²) in [7, 11) is 0. The molecule has 1 unspecified atom stereocenters. The van der Waals surface area contributed by atoms with Gasteiger partial charge in [-0.1, -0.05) is 26.0 Å². The van der Waals surface area contributed by atoms with Crippen molar-refractivity contribution in [1.29, 1.82) is 0 Å². The highest BCUT2D eigenvalue weighted by Gasteiger charge is 2.20. The van der Waals surface area contributed by atoms with Gasteiger partial charge in [-0.3, -0.25) is 5.10 Å². The van der Waals surface area contributed by atoms with Gasteiger partial charge in [-0.2, -0.15) is 5.10 Å². The minimum atomic E-state index is 0.0902. The smallest absolute Gasteiger partial charge is 0.104 e. The highest BCUT2D eigenvalue weighted by Crippen LogP contribution is 2.31. The molecule has 0 fully saturated rings. The number of rotatable bonds is 4. The van der Waals surface area contributed by atoms with Crippen molar-refractivity contribution in [2.24, 2.45) is 5.73 Å². The predicted octanol–water partition coefficient (Wildman–Crippen LogP) is 3.23. The third-order valence-electron chi connectivity index (χ3n) is 3.43. The van der Waals surface area contributed by atoms with Crippen molar-refractivity contribution in [3.63, 3.8) is 0 Å². The van der Waals surface area contributed by atoms with Gasteiger partial charge in [0.2, 0.25) is 0 Å². The number of thiazole rings is 1. The summed E-state index contributed by atoms with van der Waals surface area (Å²) >= 11 is 1.70. The lowest BCUT2D eigenvalue weighted by atomic mass is 10.0. The van der Waals surface area contributed by atoms with Crippen LogP contribution in [0.5, 0.6) is 0 Å². The Morgan fingerprint density at radius 2 is 2.10 bits per heavy atom.